The number of aromatic nitrogens is 2. The van der Waals surface area contributed by atoms with E-state index in [1.54, 1.807) is 0 Å². The zero-order valence-corrected chi connectivity index (χ0v) is 21.3. The van der Waals surface area contributed by atoms with E-state index in [1.807, 2.05) is 16.8 Å². The minimum atomic E-state index is -0.316. The molecule has 156 valence electrons. The molecule has 0 amide bonds. The molecule has 31 heavy (non-hydrogen) atoms. The highest BCUT2D eigenvalue weighted by atomic mass is 127. The number of ether oxygens (including phenoxy) is 1. The number of benzene rings is 3. The maximum Gasteiger partial charge on any atom is 0.218 e. The fraction of sp³-hybridized carbons (Fsp3) is 0.192. The van der Waals surface area contributed by atoms with E-state index in [4.69, 9.17) is 9.84 Å². The fourth-order valence-electron chi connectivity index (χ4n) is 3.87. The van der Waals surface area contributed by atoms with Crippen LogP contribution in [0.25, 0.3) is 22.5 Å². The van der Waals surface area contributed by atoms with Crippen molar-refractivity contribution in [2.45, 2.75) is 32.4 Å². The molecule has 5 rings (SSSR count). The van der Waals surface area contributed by atoms with Gasteiger partial charge in [0.2, 0.25) is 6.23 Å². The van der Waals surface area contributed by atoms with Gasteiger partial charge < -0.3 is 4.74 Å². The molecular weight excluding hydrogens is 563 g/mol. The Hall–Kier alpha value is -2.12. The van der Waals surface area contributed by atoms with E-state index in [0.717, 1.165) is 38.3 Å². The molecule has 1 aliphatic heterocycles. The Labute approximate surface area is 204 Å². The van der Waals surface area contributed by atoms with E-state index in [-0.39, 0.29) is 11.6 Å². The first-order valence-corrected chi connectivity index (χ1v) is 12.1. The van der Waals surface area contributed by atoms with Crippen molar-refractivity contribution >= 4 is 38.5 Å². The second-order valence-corrected chi connectivity index (χ2v) is 11.0. The standard InChI is InChI=1S/C26H22BrIN2O/c1-26(2,3)18-8-4-17(5-9-18)25-30-23(21-13-10-19(27)14-24(21)31-25)15-22(29-30)16-6-11-20(28)12-7-16/h4-15,25H,1-3H3. The zero-order valence-electron chi connectivity index (χ0n) is 17.6. The van der Waals surface area contributed by atoms with E-state index in [9.17, 15) is 0 Å². The summed E-state index contributed by atoms with van der Waals surface area (Å²) < 4.78 is 10.7. The Balaban J connectivity index is 1.64. The van der Waals surface area contributed by atoms with Crippen LogP contribution in [0.3, 0.4) is 0 Å². The normalized spacial score (nSPS) is 15.2. The van der Waals surface area contributed by atoms with Gasteiger partial charge in [-0.2, -0.15) is 5.10 Å². The Morgan fingerprint density at radius 3 is 2.32 bits per heavy atom. The fourth-order valence-corrected chi connectivity index (χ4v) is 4.57. The van der Waals surface area contributed by atoms with Gasteiger partial charge in [-0.05, 0) is 70.0 Å². The zero-order chi connectivity index (χ0) is 21.8. The highest BCUT2D eigenvalue weighted by Gasteiger charge is 2.29. The van der Waals surface area contributed by atoms with Crippen LogP contribution in [0.4, 0.5) is 0 Å². The van der Waals surface area contributed by atoms with Crippen molar-refractivity contribution in [3.8, 4) is 28.3 Å². The maximum atomic E-state index is 6.49. The lowest BCUT2D eigenvalue weighted by atomic mass is 9.86. The van der Waals surface area contributed by atoms with E-state index in [1.165, 1.54) is 9.13 Å². The second-order valence-electron chi connectivity index (χ2n) is 8.85. The van der Waals surface area contributed by atoms with Crippen molar-refractivity contribution in [1.29, 1.82) is 0 Å². The quantitative estimate of drug-likeness (QED) is 0.225. The molecule has 0 radical (unpaired) electrons. The molecular formula is C26H22BrIN2O. The van der Waals surface area contributed by atoms with Crippen molar-refractivity contribution in [2.24, 2.45) is 0 Å². The van der Waals surface area contributed by atoms with Gasteiger partial charge in [0.1, 0.15) is 5.75 Å². The van der Waals surface area contributed by atoms with Crippen molar-refractivity contribution in [2.75, 3.05) is 0 Å². The molecule has 1 atom stereocenters. The molecule has 0 N–H and O–H groups in total. The highest BCUT2D eigenvalue weighted by molar-refractivity contribution is 14.1. The molecule has 3 aromatic carbocycles. The average Bonchev–Trinajstić information content (AvgIpc) is 3.18. The molecule has 4 aromatic rings. The predicted molar refractivity (Wildman–Crippen MR) is 137 cm³/mol. The smallest absolute Gasteiger partial charge is 0.218 e. The van der Waals surface area contributed by atoms with Crippen LogP contribution in [0.2, 0.25) is 0 Å². The van der Waals surface area contributed by atoms with Gasteiger partial charge in [0.15, 0.2) is 0 Å². The van der Waals surface area contributed by atoms with Gasteiger partial charge in [-0.1, -0.05) is 73.1 Å². The van der Waals surface area contributed by atoms with Crippen LogP contribution in [-0.4, -0.2) is 9.78 Å². The first-order valence-electron chi connectivity index (χ1n) is 10.2. The first-order chi connectivity index (χ1) is 14.8. The monoisotopic (exact) mass is 584 g/mol. The number of hydrogen-bond donors (Lipinski definition) is 0. The van der Waals surface area contributed by atoms with Crippen molar-refractivity contribution in [3.63, 3.8) is 0 Å². The lowest BCUT2D eigenvalue weighted by molar-refractivity contribution is 0.153. The highest BCUT2D eigenvalue weighted by Crippen LogP contribution is 2.43. The molecule has 0 bridgehead atoms. The summed E-state index contributed by atoms with van der Waals surface area (Å²) >= 11 is 5.91. The van der Waals surface area contributed by atoms with Crippen LogP contribution < -0.4 is 4.74 Å². The minimum Gasteiger partial charge on any atom is -0.464 e. The molecule has 3 nitrogen and oxygen atoms in total. The molecule has 0 saturated carbocycles. The summed E-state index contributed by atoms with van der Waals surface area (Å²) in [6.45, 7) is 6.68. The van der Waals surface area contributed by atoms with E-state index >= 15 is 0 Å². The molecule has 5 heteroatoms. The SMILES string of the molecule is CC(C)(C)c1ccc(C2Oc3cc(Br)ccc3-c3cc(-c4ccc(I)cc4)nn32)cc1. The van der Waals surface area contributed by atoms with Gasteiger partial charge >= 0.3 is 0 Å². The van der Waals surface area contributed by atoms with Crippen molar-refractivity contribution < 1.29 is 4.74 Å². The lowest BCUT2D eigenvalue weighted by Crippen LogP contribution is -2.23. The summed E-state index contributed by atoms with van der Waals surface area (Å²) in [5.74, 6) is 0.862. The predicted octanol–water partition coefficient (Wildman–Crippen LogP) is 7.82. The van der Waals surface area contributed by atoms with Crippen molar-refractivity contribution in [3.05, 3.63) is 92.0 Å². The molecule has 1 aliphatic rings. The Kier molecular flexibility index (Phi) is 5.21. The third-order valence-corrected chi connectivity index (χ3v) is 6.83. The topological polar surface area (TPSA) is 27.1 Å². The molecule has 0 saturated heterocycles. The van der Waals surface area contributed by atoms with Gasteiger partial charge in [0.25, 0.3) is 0 Å². The van der Waals surface area contributed by atoms with Gasteiger partial charge in [-0.15, -0.1) is 0 Å². The minimum absolute atomic E-state index is 0.109. The summed E-state index contributed by atoms with van der Waals surface area (Å²) in [5.41, 5.74) is 6.65. The number of fused-ring (bicyclic) bond motifs is 3. The van der Waals surface area contributed by atoms with Gasteiger partial charge in [0.05, 0.1) is 11.4 Å². The summed E-state index contributed by atoms with van der Waals surface area (Å²) in [4.78, 5) is 0. The van der Waals surface area contributed by atoms with E-state index in [0.29, 0.717) is 0 Å². The van der Waals surface area contributed by atoms with Gasteiger partial charge in [-0.3, -0.25) is 0 Å². The van der Waals surface area contributed by atoms with Crippen LogP contribution in [-0.2, 0) is 5.41 Å². The molecule has 0 spiro atoms. The van der Waals surface area contributed by atoms with Crippen LogP contribution in [0.15, 0.2) is 77.3 Å². The summed E-state index contributed by atoms with van der Waals surface area (Å²) in [6, 6.07) is 25.5. The lowest BCUT2D eigenvalue weighted by Gasteiger charge is -2.29. The Morgan fingerprint density at radius 2 is 1.65 bits per heavy atom. The molecule has 1 aromatic heterocycles. The largest absolute Gasteiger partial charge is 0.464 e. The van der Waals surface area contributed by atoms with Gasteiger partial charge in [0, 0.05) is 24.7 Å². The third-order valence-electron chi connectivity index (χ3n) is 5.62. The summed E-state index contributed by atoms with van der Waals surface area (Å²) in [6.07, 6.45) is -0.316. The molecule has 0 aliphatic carbocycles. The summed E-state index contributed by atoms with van der Waals surface area (Å²) in [5, 5.41) is 4.98. The number of halogens is 2. The Morgan fingerprint density at radius 1 is 0.935 bits per heavy atom. The number of rotatable bonds is 2. The second kappa shape index (κ2) is 7.78. The molecule has 1 unspecified atom stereocenters. The van der Waals surface area contributed by atoms with E-state index in [2.05, 4.69) is 120 Å². The average molecular weight is 585 g/mol. The van der Waals surface area contributed by atoms with Crippen LogP contribution in [0, 0.1) is 3.57 Å². The third kappa shape index (κ3) is 3.94. The summed E-state index contributed by atoms with van der Waals surface area (Å²) in [7, 11) is 0. The van der Waals surface area contributed by atoms with Crippen LogP contribution in [0.5, 0.6) is 5.75 Å². The number of nitrogens with zero attached hydrogens (tertiary/aromatic N) is 2. The van der Waals surface area contributed by atoms with Gasteiger partial charge in [-0.25, -0.2) is 4.68 Å². The molecule has 0 fully saturated rings. The van der Waals surface area contributed by atoms with Crippen molar-refractivity contribution in [1.82, 2.24) is 9.78 Å². The molecule has 2 heterocycles. The first kappa shape index (κ1) is 20.8. The number of hydrogen-bond acceptors (Lipinski definition) is 2. The maximum absolute atomic E-state index is 6.49. The van der Waals surface area contributed by atoms with E-state index < -0.39 is 0 Å². The van der Waals surface area contributed by atoms with Crippen LogP contribution in [0.1, 0.15) is 38.1 Å². The van der Waals surface area contributed by atoms with Crippen LogP contribution >= 0.6 is 38.5 Å². The Bertz CT molecular complexity index is 1250.